The minimum atomic E-state index is 0.0761. The summed E-state index contributed by atoms with van der Waals surface area (Å²) >= 11 is 0. The van der Waals surface area contributed by atoms with Gasteiger partial charge >= 0.3 is 0 Å². The molecular formula is C25H34N2O3. The van der Waals surface area contributed by atoms with Gasteiger partial charge < -0.3 is 19.7 Å². The van der Waals surface area contributed by atoms with Crippen LogP contribution in [0.4, 0.5) is 0 Å². The molecule has 30 heavy (non-hydrogen) atoms. The van der Waals surface area contributed by atoms with Gasteiger partial charge in [0.25, 0.3) is 5.91 Å². The highest BCUT2D eigenvalue weighted by atomic mass is 16.5. The van der Waals surface area contributed by atoms with Crippen molar-refractivity contribution in [1.29, 1.82) is 0 Å². The number of hydrogen-bond donors (Lipinski definition) is 1. The SMILES string of the molecule is CC1CN(C(=O)c2ccc3cc(OCCCC4CCCNC4)ccc3c2)CC(C)O1. The van der Waals surface area contributed by atoms with Gasteiger partial charge in [0.1, 0.15) is 5.75 Å². The van der Waals surface area contributed by atoms with Crippen molar-refractivity contribution in [3.05, 3.63) is 42.0 Å². The van der Waals surface area contributed by atoms with Crippen LogP contribution in [0, 0.1) is 5.92 Å². The molecule has 0 radical (unpaired) electrons. The van der Waals surface area contributed by atoms with Gasteiger partial charge in [-0.05, 0) is 93.6 Å². The predicted octanol–water partition coefficient (Wildman–Crippen LogP) is 4.25. The fourth-order valence-corrected chi connectivity index (χ4v) is 4.71. The first-order chi connectivity index (χ1) is 14.6. The quantitative estimate of drug-likeness (QED) is 0.724. The third kappa shape index (κ3) is 5.32. The number of carbonyl (C=O) groups is 1. The standard InChI is InChI=1S/C25H34N2O3/c1-18-16-27(17-19(2)30-18)25(28)23-8-7-22-14-24(10-9-21(22)13-23)29-12-4-6-20-5-3-11-26-15-20/h7-10,13-14,18-20,26H,3-6,11-12,15-17H2,1-2H3. The molecule has 0 saturated carbocycles. The second-order valence-electron chi connectivity index (χ2n) is 8.89. The maximum absolute atomic E-state index is 12.9. The molecule has 0 bridgehead atoms. The lowest BCUT2D eigenvalue weighted by atomic mass is 9.95. The smallest absolute Gasteiger partial charge is 0.254 e. The zero-order valence-electron chi connectivity index (χ0n) is 18.2. The highest BCUT2D eigenvalue weighted by Crippen LogP contribution is 2.24. The molecule has 5 nitrogen and oxygen atoms in total. The molecule has 2 aromatic rings. The molecule has 2 aliphatic rings. The van der Waals surface area contributed by atoms with E-state index in [1.165, 1.54) is 25.8 Å². The number of amides is 1. The molecule has 4 rings (SSSR count). The first kappa shape index (κ1) is 21.1. The van der Waals surface area contributed by atoms with E-state index in [-0.39, 0.29) is 18.1 Å². The van der Waals surface area contributed by atoms with Crippen molar-refractivity contribution in [1.82, 2.24) is 10.2 Å². The van der Waals surface area contributed by atoms with E-state index in [0.717, 1.165) is 47.6 Å². The fraction of sp³-hybridized carbons (Fsp3) is 0.560. The molecule has 1 amide bonds. The zero-order chi connectivity index (χ0) is 20.9. The number of nitrogens with one attached hydrogen (secondary N) is 1. The third-order valence-corrected chi connectivity index (χ3v) is 6.19. The molecule has 5 heteroatoms. The van der Waals surface area contributed by atoms with E-state index in [1.807, 2.05) is 43.0 Å². The minimum absolute atomic E-state index is 0.0761. The molecule has 1 N–H and O–H groups in total. The Morgan fingerprint density at radius 1 is 1.13 bits per heavy atom. The Morgan fingerprint density at radius 2 is 1.90 bits per heavy atom. The Bertz CT molecular complexity index is 853. The largest absolute Gasteiger partial charge is 0.494 e. The summed E-state index contributed by atoms with van der Waals surface area (Å²) in [4.78, 5) is 14.8. The van der Waals surface area contributed by atoms with Gasteiger partial charge in [0, 0.05) is 18.7 Å². The molecule has 3 atom stereocenters. The van der Waals surface area contributed by atoms with E-state index < -0.39 is 0 Å². The number of ether oxygens (including phenoxy) is 2. The Hall–Kier alpha value is -2.11. The van der Waals surface area contributed by atoms with Crippen molar-refractivity contribution < 1.29 is 14.3 Å². The number of fused-ring (bicyclic) bond motifs is 1. The van der Waals surface area contributed by atoms with Crippen LogP contribution in [-0.2, 0) is 4.74 Å². The van der Waals surface area contributed by atoms with Crippen molar-refractivity contribution in [3.8, 4) is 5.75 Å². The van der Waals surface area contributed by atoms with E-state index in [1.54, 1.807) is 0 Å². The Labute approximate surface area is 179 Å². The summed E-state index contributed by atoms with van der Waals surface area (Å²) < 4.78 is 11.7. The average molecular weight is 411 g/mol. The Morgan fingerprint density at radius 3 is 2.67 bits per heavy atom. The topological polar surface area (TPSA) is 50.8 Å². The van der Waals surface area contributed by atoms with Crippen LogP contribution in [0.5, 0.6) is 5.75 Å². The van der Waals surface area contributed by atoms with Gasteiger partial charge in [-0.1, -0.05) is 12.1 Å². The van der Waals surface area contributed by atoms with Crippen molar-refractivity contribution in [3.63, 3.8) is 0 Å². The van der Waals surface area contributed by atoms with Crippen molar-refractivity contribution in [2.75, 3.05) is 32.8 Å². The van der Waals surface area contributed by atoms with Crippen LogP contribution in [0.2, 0.25) is 0 Å². The molecule has 2 aromatic carbocycles. The van der Waals surface area contributed by atoms with Crippen LogP contribution < -0.4 is 10.1 Å². The summed E-state index contributed by atoms with van der Waals surface area (Å²) in [6.07, 6.45) is 5.11. The molecule has 0 aromatic heterocycles. The zero-order valence-corrected chi connectivity index (χ0v) is 18.2. The van der Waals surface area contributed by atoms with E-state index in [9.17, 15) is 4.79 Å². The molecule has 0 spiro atoms. The molecule has 162 valence electrons. The lowest BCUT2D eigenvalue weighted by molar-refractivity contribution is -0.0586. The molecule has 0 aliphatic carbocycles. The van der Waals surface area contributed by atoms with Gasteiger partial charge in [-0.15, -0.1) is 0 Å². The molecular weight excluding hydrogens is 376 g/mol. The predicted molar refractivity (Wildman–Crippen MR) is 120 cm³/mol. The summed E-state index contributed by atoms with van der Waals surface area (Å²) in [5.74, 6) is 1.78. The summed E-state index contributed by atoms with van der Waals surface area (Å²) in [6.45, 7) is 8.40. The van der Waals surface area contributed by atoms with Gasteiger partial charge in [-0.2, -0.15) is 0 Å². The molecule has 2 heterocycles. The first-order valence-electron chi connectivity index (χ1n) is 11.4. The maximum Gasteiger partial charge on any atom is 0.254 e. The number of carbonyl (C=O) groups excluding carboxylic acids is 1. The van der Waals surface area contributed by atoms with Crippen molar-refractivity contribution in [2.45, 2.75) is 51.7 Å². The number of rotatable bonds is 6. The normalized spacial score (nSPS) is 24.7. The van der Waals surface area contributed by atoms with Gasteiger partial charge in [0.05, 0.1) is 18.8 Å². The highest BCUT2D eigenvalue weighted by molar-refractivity contribution is 5.98. The average Bonchev–Trinajstić information content (AvgIpc) is 2.76. The molecule has 2 aliphatic heterocycles. The second kappa shape index (κ2) is 9.80. The van der Waals surface area contributed by atoms with Gasteiger partial charge in [-0.3, -0.25) is 4.79 Å². The van der Waals surface area contributed by atoms with Crippen LogP contribution in [0.15, 0.2) is 36.4 Å². The Balaban J connectivity index is 1.34. The highest BCUT2D eigenvalue weighted by Gasteiger charge is 2.26. The fourth-order valence-electron chi connectivity index (χ4n) is 4.71. The van der Waals surface area contributed by atoms with Gasteiger partial charge in [0.2, 0.25) is 0 Å². The number of morpholine rings is 1. The summed E-state index contributed by atoms with van der Waals surface area (Å²) in [7, 11) is 0. The van der Waals surface area contributed by atoms with Crippen LogP contribution in [0.25, 0.3) is 10.8 Å². The second-order valence-corrected chi connectivity index (χ2v) is 8.89. The van der Waals surface area contributed by atoms with Crippen LogP contribution >= 0.6 is 0 Å². The monoisotopic (exact) mass is 410 g/mol. The summed E-state index contributed by atoms with van der Waals surface area (Å²) in [5.41, 5.74) is 0.735. The Kier molecular flexibility index (Phi) is 6.90. The van der Waals surface area contributed by atoms with Crippen molar-refractivity contribution >= 4 is 16.7 Å². The van der Waals surface area contributed by atoms with E-state index in [0.29, 0.717) is 13.1 Å². The van der Waals surface area contributed by atoms with Gasteiger partial charge in [-0.25, -0.2) is 0 Å². The number of nitrogens with zero attached hydrogens (tertiary/aromatic N) is 1. The van der Waals surface area contributed by atoms with Crippen molar-refractivity contribution in [2.24, 2.45) is 5.92 Å². The minimum Gasteiger partial charge on any atom is -0.494 e. The number of piperidine rings is 1. The van der Waals surface area contributed by atoms with E-state index >= 15 is 0 Å². The third-order valence-electron chi connectivity index (χ3n) is 6.19. The maximum atomic E-state index is 12.9. The molecule has 3 unspecified atom stereocenters. The van der Waals surface area contributed by atoms with E-state index in [2.05, 4.69) is 17.4 Å². The lowest BCUT2D eigenvalue weighted by Gasteiger charge is -2.35. The van der Waals surface area contributed by atoms with Gasteiger partial charge in [0.15, 0.2) is 0 Å². The molecule has 2 saturated heterocycles. The van der Waals surface area contributed by atoms with Crippen LogP contribution in [-0.4, -0.2) is 55.8 Å². The lowest BCUT2D eigenvalue weighted by Crippen LogP contribution is -2.48. The summed E-state index contributed by atoms with van der Waals surface area (Å²) in [6, 6.07) is 12.1. The van der Waals surface area contributed by atoms with Crippen LogP contribution in [0.1, 0.15) is 49.9 Å². The van der Waals surface area contributed by atoms with Crippen LogP contribution in [0.3, 0.4) is 0 Å². The molecule has 2 fully saturated rings. The number of hydrogen-bond acceptors (Lipinski definition) is 4. The first-order valence-corrected chi connectivity index (χ1v) is 11.4. The van der Waals surface area contributed by atoms with E-state index in [4.69, 9.17) is 9.47 Å². The number of benzene rings is 2. The summed E-state index contributed by atoms with van der Waals surface area (Å²) in [5, 5.41) is 5.64.